The van der Waals surface area contributed by atoms with Gasteiger partial charge in [0.25, 0.3) is 5.91 Å². The summed E-state index contributed by atoms with van der Waals surface area (Å²) in [7, 11) is 0. The van der Waals surface area contributed by atoms with Crippen LogP contribution in [-0.2, 0) is 15.1 Å². The standard InChI is InChI=1S/C15H17F2N3O3/c1-8(2)18-12(21)7-20-13(22)15(3,19-14(20)23)10-5-4-9(16)6-11(10)17/h4-6,8H,7H2,1-3H3,(H,18,21)(H,19,23)/t15-/m0/s1. The van der Waals surface area contributed by atoms with Crippen molar-refractivity contribution in [2.75, 3.05) is 6.54 Å². The van der Waals surface area contributed by atoms with Gasteiger partial charge in [0.2, 0.25) is 5.91 Å². The first kappa shape index (κ1) is 16.9. The molecule has 0 aromatic heterocycles. The third-order valence-corrected chi connectivity index (χ3v) is 3.50. The average molecular weight is 325 g/mol. The van der Waals surface area contributed by atoms with Gasteiger partial charge < -0.3 is 10.6 Å². The Balaban J connectivity index is 2.27. The van der Waals surface area contributed by atoms with E-state index < -0.39 is 41.6 Å². The van der Waals surface area contributed by atoms with Crippen molar-refractivity contribution in [3.05, 3.63) is 35.4 Å². The molecule has 0 spiro atoms. The zero-order valence-electron chi connectivity index (χ0n) is 12.9. The highest BCUT2D eigenvalue weighted by molar-refractivity contribution is 6.09. The highest BCUT2D eigenvalue weighted by atomic mass is 19.1. The van der Waals surface area contributed by atoms with Crippen LogP contribution in [-0.4, -0.2) is 35.3 Å². The van der Waals surface area contributed by atoms with E-state index in [4.69, 9.17) is 0 Å². The summed E-state index contributed by atoms with van der Waals surface area (Å²) in [6.07, 6.45) is 0. The van der Waals surface area contributed by atoms with Crippen molar-refractivity contribution in [3.8, 4) is 0 Å². The van der Waals surface area contributed by atoms with Crippen molar-refractivity contribution >= 4 is 17.8 Å². The van der Waals surface area contributed by atoms with Gasteiger partial charge in [-0.3, -0.25) is 14.5 Å². The molecule has 1 saturated heterocycles. The van der Waals surface area contributed by atoms with Gasteiger partial charge in [0.1, 0.15) is 23.7 Å². The van der Waals surface area contributed by atoms with E-state index in [2.05, 4.69) is 10.6 Å². The van der Waals surface area contributed by atoms with Crippen LogP contribution >= 0.6 is 0 Å². The van der Waals surface area contributed by atoms with E-state index in [9.17, 15) is 23.2 Å². The Morgan fingerprint density at radius 2 is 2.00 bits per heavy atom. The molecule has 1 aromatic rings. The van der Waals surface area contributed by atoms with E-state index in [1.54, 1.807) is 13.8 Å². The summed E-state index contributed by atoms with van der Waals surface area (Å²) >= 11 is 0. The first-order valence-electron chi connectivity index (χ1n) is 7.04. The van der Waals surface area contributed by atoms with Gasteiger partial charge in [0, 0.05) is 17.7 Å². The summed E-state index contributed by atoms with van der Waals surface area (Å²) in [5.41, 5.74) is -1.85. The minimum absolute atomic E-state index is 0.149. The van der Waals surface area contributed by atoms with Crippen molar-refractivity contribution in [2.24, 2.45) is 0 Å². The molecule has 124 valence electrons. The Bertz CT molecular complexity index is 678. The largest absolute Gasteiger partial charge is 0.352 e. The smallest absolute Gasteiger partial charge is 0.325 e. The lowest BCUT2D eigenvalue weighted by atomic mass is 9.91. The minimum atomic E-state index is -1.69. The van der Waals surface area contributed by atoms with E-state index in [0.717, 1.165) is 12.1 Å². The molecular weight excluding hydrogens is 308 g/mol. The molecule has 23 heavy (non-hydrogen) atoms. The number of nitrogens with one attached hydrogen (secondary N) is 2. The summed E-state index contributed by atoms with van der Waals surface area (Å²) in [5, 5.41) is 4.92. The zero-order chi connectivity index (χ0) is 17.4. The van der Waals surface area contributed by atoms with Crippen LogP contribution in [0.1, 0.15) is 26.3 Å². The molecule has 2 N–H and O–H groups in total. The lowest BCUT2D eigenvalue weighted by molar-refractivity contribution is -0.135. The molecule has 4 amide bonds. The van der Waals surface area contributed by atoms with Crippen LogP contribution in [0.3, 0.4) is 0 Å². The normalized spacial score (nSPS) is 20.9. The van der Waals surface area contributed by atoms with E-state index in [1.807, 2.05) is 0 Å². The van der Waals surface area contributed by atoms with Crippen LogP contribution in [0.25, 0.3) is 0 Å². The van der Waals surface area contributed by atoms with Crippen LogP contribution in [0.2, 0.25) is 0 Å². The molecule has 2 rings (SSSR count). The molecule has 0 radical (unpaired) electrons. The van der Waals surface area contributed by atoms with Crippen molar-refractivity contribution < 1.29 is 23.2 Å². The average Bonchev–Trinajstić information content (AvgIpc) is 2.62. The quantitative estimate of drug-likeness (QED) is 0.818. The van der Waals surface area contributed by atoms with Crippen molar-refractivity contribution in [1.82, 2.24) is 15.5 Å². The third kappa shape index (κ3) is 3.15. The topological polar surface area (TPSA) is 78.5 Å². The molecule has 1 aromatic carbocycles. The van der Waals surface area contributed by atoms with Gasteiger partial charge in [0.15, 0.2) is 0 Å². The number of urea groups is 1. The first-order chi connectivity index (χ1) is 10.6. The molecular formula is C15H17F2N3O3. The second kappa shape index (κ2) is 5.94. The molecule has 1 aliphatic rings. The number of hydrogen-bond acceptors (Lipinski definition) is 3. The third-order valence-electron chi connectivity index (χ3n) is 3.50. The van der Waals surface area contributed by atoms with Gasteiger partial charge in [-0.05, 0) is 26.8 Å². The second-order valence-electron chi connectivity index (χ2n) is 5.79. The Hall–Kier alpha value is -2.51. The summed E-state index contributed by atoms with van der Waals surface area (Å²) in [5.74, 6) is -3.02. The van der Waals surface area contributed by atoms with E-state index in [1.165, 1.54) is 6.92 Å². The van der Waals surface area contributed by atoms with E-state index in [-0.39, 0.29) is 11.6 Å². The van der Waals surface area contributed by atoms with Gasteiger partial charge in [0.05, 0.1) is 0 Å². The number of rotatable bonds is 4. The fourth-order valence-corrected chi connectivity index (χ4v) is 2.43. The first-order valence-corrected chi connectivity index (χ1v) is 7.04. The van der Waals surface area contributed by atoms with Crippen molar-refractivity contribution in [3.63, 3.8) is 0 Å². The number of hydrogen-bond donors (Lipinski definition) is 2. The number of halogens is 2. The van der Waals surface area contributed by atoms with Gasteiger partial charge in [-0.2, -0.15) is 0 Å². The highest BCUT2D eigenvalue weighted by Gasteiger charge is 2.50. The number of carbonyl (C=O) groups is 3. The van der Waals surface area contributed by atoms with E-state index in [0.29, 0.717) is 11.0 Å². The lowest BCUT2D eigenvalue weighted by Gasteiger charge is -2.22. The SMILES string of the molecule is CC(C)NC(=O)CN1C(=O)N[C@@](C)(c2ccc(F)cc2F)C1=O. The van der Waals surface area contributed by atoms with Gasteiger partial charge in [-0.15, -0.1) is 0 Å². The monoisotopic (exact) mass is 325 g/mol. The molecule has 6 nitrogen and oxygen atoms in total. The van der Waals surface area contributed by atoms with Crippen molar-refractivity contribution in [2.45, 2.75) is 32.4 Å². The van der Waals surface area contributed by atoms with Gasteiger partial charge in [-0.25, -0.2) is 13.6 Å². The maximum Gasteiger partial charge on any atom is 0.325 e. The van der Waals surface area contributed by atoms with Crippen LogP contribution in [0.4, 0.5) is 13.6 Å². The fraction of sp³-hybridized carbons (Fsp3) is 0.400. The summed E-state index contributed by atoms with van der Waals surface area (Å²) < 4.78 is 27.0. The number of benzene rings is 1. The van der Waals surface area contributed by atoms with Gasteiger partial charge in [-0.1, -0.05) is 6.07 Å². The summed E-state index contributed by atoms with van der Waals surface area (Å²) in [6, 6.07) is 1.77. The van der Waals surface area contributed by atoms with Crippen LogP contribution < -0.4 is 10.6 Å². The maximum atomic E-state index is 14.0. The predicted octanol–water partition coefficient (Wildman–Crippen LogP) is 1.26. The molecule has 8 heteroatoms. The van der Waals surface area contributed by atoms with Crippen LogP contribution in [0, 0.1) is 11.6 Å². The Morgan fingerprint density at radius 1 is 1.35 bits per heavy atom. The fourth-order valence-electron chi connectivity index (χ4n) is 2.43. The molecule has 0 bridgehead atoms. The molecule has 0 saturated carbocycles. The molecule has 1 aliphatic heterocycles. The molecule has 1 heterocycles. The molecule has 0 aliphatic carbocycles. The van der Waals surface area contributed by atoms with Gasteiger partial charge >= 0.3 is 6.03 Å². The maximum absolute atomic E-state index is 14.0. The summed E-state index contributed by atoms with van der Waals surface area (Å²) in [6.45, 7) is 4.31. The molecule has 0 unspecified atom stereocenters. The van der Waals surface area contributed by atoms with Crippen LogP contribution in [0.5, 0.6) is 0 Å². The minimum Gasteiger partial charge on any atom is -0.352 e. The summed E-state index contributed by atoms with van der Waals surface area (Å²) in [4.78, 5) is 36.9. The Morgan fingerprint density at radius 3 is 2.57 bits per heavy atom. The van der Waals surface area contributed by atoms with E-state index >= 15 is 0 Å². The predicted molar refractivity (Wildman–Crippen MR) is 77.2 cm³/mol. The molecule has 1 fully saturated rings. The Labute approximate surface area is 131 Å². The number of amides is 4. The lowest BCUT2D eigenvalue weighted by Crippen LogP contribution is -2.44. The highest BCUT2D eigenvalue weighted by Crippen LogP contribution is 2.30. The number of imide groups is 1. The van der Waals surface area contributed by atoms with Crippen molar-refractivity contribution in [1.29, 1.82) is 0 Å². The molecule has 1 atom stereocenters. The number of carbonyl (C=O) groups excluding carboxylic acids is 3. The van der Waals surface area contributed by atoms with Crippen LogP contribution in [0.15, 0.2) is 18.2 Å². The Kier molecular flexibility index (Phi) is 4.35. The second-order valence-corrected chi connectivity index (χ2v) is 5.79. The number of nitrogens with zero attached hydrogens (tertiary/aromatic N) is 1. The zero-order valence-corrected chi connectivity index (χ0v) is 12.9.